The summed E-state index contributed by atoms with van der Waals surface area (Å²) in [5.74, 6) is 1.23. The lowest BCUT2D eigenvalue weighted by atomic mass is 10.0. The molecular weight excluding hydrogens is 464 g/mol. The Kier molecular flexibility index (Phi) is 6.34. The van der Waals surface area contributed by atoms with Crippen molar-refractivity contribution in [3.8, 4) is 11.1 Å². The van der Waals surface area contributed by atoms with Crippen LogP contribution in [0.1, 0.15) is 41.4 Å². The molecule has 1 aliphatic rings. The van der Waals surface area contributed by atoms with Gasteiger partial charge in [-0.3, -0.25) is 9.59 Å². The number of nitrogens with zero attached hydrogens (tertiary/aromatic N) is 3. The summed E-state index contributed by atoms with van der Waals surface area (Å²) in [4.78, 5) is 23.9. The van der Waals surface area contributed by atoms with Crippen LogP contribution >= 0.6 is 27.7 Å². The highest BCUT2D eigenvalue weighted by Gasteiger charge is 2.30. The third-order valence-electron chi connectivity index (χ3n) is 4.99. The largest absolute Gasteiger partial charge is 0.370 e. The van der Waals surface area contributed by atoms with Crippen LogP contribution in [-0.2, 0) is 11.3 Å². The van der Waals surface area contributed by atoms with E-state index in [2.05, 4.69) is 26.1 Å². The number of benzene rings is 2. The average Bonchev–Trinajstić information content (AvgIpc) is 3.51. The summed E-state index contributed by atoms with van der Waals surface area (Å²) >= 11 is 4.79. The van der Waals surface area contributed by atoms with Gasteiger partial charge in [-0.2, -0.15) is 0 Å². The van der Waals surface area contributed by atoms with Gasteiger partial charge in [-0.1, -0.05) is 64.1 Å². The van der Waals surface area contributed by atoms with Gasteiger partial charge in [0.25, 0.3) is 0 Å². The van der Waals surface area contributed by atoms with Crippen LogP contribution < -0.4 is 5.73 Å². The van der Waals surface area contributed by atoms with E-state index in [0.717, 1.165) is 34.3 Å². The summed E-state index contributed by atoms with van der Waals surface area (Å²) in [6, 6.07) is 15.7. The molecule has 1 amide bonds. The first kappa shape index (κ1) is 20.8. The highest BCUT2D eigenvalue weighted by molar-refractivity contribution is 9.10. The Balaban J connectivity index is 1.42. The molecule has 2 aromatic carbocycles. The molecule has 0 saturated heterocycles. The molecule has 154 valence electrons. The van der Waals surface area contributed by atoms with Crippen molar-refractivity contribution < 1.29 is 9.59 Å². The SMILES string of the molecule is NC(=O)CCn1c(SCC(=O)c2ccc(-c3ccc(Br)cc3)cc2)nnc1C1CC1. The second-order valence-electron chi connectivity index (χ2n) is 7.28. The minimum Gasteiger partial charge on any atom is -0.370 e. The van der Waals surface area contributed by atoms with Crippen LogP contribution in [-0.4, -0.2) is 32.2 Å². The van der Waals surface area contributed by atoms with Gasteiger partial charge in [0, 0.05) is 28.9 Å². The van der Waals surface area contributed by atoms with Crippen LogP contribution in [0.3, 0.4) is 0 Å². The van der Waals surface area contributed by atoms with E-state index in [1.54, 1.807) is 0 Å². The third-order valence-corrected chi connectivity index (χ3v) is 6.48. The Labute approximate surface area is 187 Å². The Morgan fingerprint density at radius 3 is 2.27 bits per heavy atom. The van der Waals surface area contributed by atoms with E-state index < -0.39 is 0 Å². The van der Waals surface area contributed by atoms with Crippen molar-refractivity contribution in [2.45, 2.75) is 36.9 Å². The van der Waals surface area contributed by atoms with Crippen LogP contribution in [0.5, 0.6) is 0 Å². The van der Waals surface area contributed by atoms with E-state index in [4.69, 9.17) is 5.73 Å². The fourth-order valence-electron chi connectivity index (χ4n) is 3.19. The van der Waals surface area contributed by atoms with E-state index in [1.165, 1.54) is 11.8 Å². The maximum Gasteiger partial charge on any atom is 0.219 e. The molecule has 0 spiro atoms. The molecule has 2 N–H and O–H groups in total. The summed E-state index contributed by atoms with van der Waals surface area (Å²) in [6.45, 7) is 0.451. The fourth-order valence-corrected chi connectivity index (χ4v) is 4.32. The summed E-state index contributed by atoms with van der Waals surface area (Å²) in [7, 11) is 0. The molecule has 30 heavy (non-hydrogen) atoms. The number of halogens is 1. The molecule has 0 aliphatic heterocycles. The van der Waals surface area contributed by atoms with Gasteiger partial charge in [-0.15, -0.1) is 10.2 Å². The summed E-state index contributed by atoms with van der Waals surface area (Å²) in [6.07, 6.45) is 2.41. The number of nitrogens with two attached hydrogens (primary N) is 1. The number of aromatic nitrogens is 3. The van der Waals surface area contributed by atoms with Crippen molar-refractivity contribution in [2.24, 2.45) is 5.73 Å². The Morgan fingerprint density at radius 2 is 1.67 bits per heavy atom. The quantitative estimate of drug-likeness (QED) is 0.358. The molecule has 0 radical (unpaired) electrons. The highest BCUT2D eigenvalue weighted by atomic mass is 79.9. The lowest BCUT2D eigenvalue weighted by Gasteiger charge is -2.08. The molecule has 1 saturated carbocycles. The van der Waals surface area contributed by atoms with Gasteiger partial charge < -0.3 is 10.3 Å². The number of ketones is 1. The van der Waals surface area contributed by atoms with E-state index >= 15 is 0 Å². The summed E-state index contributed by atoms with van der Waals surface area (Å²) in [5.41, 5.74) is 8.13. The van der Waals surface area contributed by atoms with Crippen molar-refractivity contribution in [3.05, 3.63) is 64.4 Å². The minimum atomic E-state index is -0.358. The van der Waals surface area contributed by atoms with E-state index in [0.29, 0.717) is 23.2 Å². The van der Waals surface area contributed by atoms with Gasteiger partial charge in [-0.05, 0) is 36.1 Å². The standard InChI is InChI=1S/C22H21BrN4O2S/c23-18-9-7-15(8-10-18)14-1-3-16(4-2-14)19(28)13-30-22-26-25-21(17-5-6-17)27(22)12-11-20(24)29/h1-4,7-10,17H,5-6,11-13H2,(H2,24,29). The topological polar surface area (TPSA) is 90.9 Å². The molecule has 4 rings (SSSR count). The molecule has 1 fully saturated rings. The number of hydrogen-bond donors (Lipinski definition) is 1. The van der Waals surface area contributed by atoms with Gasteiger partial charge in [0.2, 0.25) is 5.91 Å². The number of hydrogen-bond acceptors (Lipinski definition) is 5. The number of carbonyl (C=O) groups excluding carboxylic acids is 2. The number of thioether (sulfide) groups is 1. The highest BCUT2D eigenvalue weighted by Crippen LogP contribution is 2.40. The zero-order valence-corrected chi connectivity index (χ0v) is 18.7. The Hall–Kier alpha value is -2.45. The predicted molar refractivity (Wildman–Crippen MR) is 120 cm³/mol. The van der Waals surface area contributed by atoms with Gasteiger partial charge in [0.05, 0.1) is 5.75 Å². The molecule has 8 heteroatoms. The molecule has 1 heterocycles. The van der Waals surface area contributed by atoms with Crippen molar-refractivity contribution in [1.29, 1.82) is 0 Å². The number of primary amides is 1. The van der Waals surface area contributed by atoms with Gasteiger partial charge in [0.1, 0.15) is 5.82 Å². The summed E-state index contributed by atoms with van der Waals surface area (Å²) < 4.78 is 2.97. The van der Waals surface area contributed by atoms with E-state index in [9.17, 15) is 9.59 Å². The smallest absolute Gasteiger partial charge is 0.219 e. The fraction of sp³-hybridized carbons (Fsp3) is 0.273. The third kappa shape index (κ3) is 4.99. The number of carbonyl (C=O) groups is 2. The molecule has 1 aliphatic carbocycles. The zero-order valence-electron chi connectivity index (χ0n) is 16.3. The maximum atomic E-state index is 12.7. The second-order valence-corrected chi connectivity index (χ2v) is 9.14. The molecule has 0 unspecified atom stereocenters. The first-order valence-corrected chi connectivity index (χ1v) is 11.5. The monoisotopic (exact) mass is 484 g/mol. The molecule has 0 atom stereocenters. The zero-order chi connectivity index (χ0) is 21.1. The average molecular weight is 485 g/mol. The van der Waals surface area contributed by atoms with E-state index in [1.807, 2.05) is 53.1 Å². The number of rotatable bonds is 9. The molecule has 6 nitrogen and oxygen atoms in total. The van der Waals surface area contributed by atoms with Gasteiger partial charge in [-0.25, -0.2) is 0 Å². The first-order chi connectivity index (χ1) is 14.5. The predicted octanol–water partition coefficient (Wildman–Crippen LogP) is 4.44. The number of amides is 1. The van der Waals surface area contributed by atoms with Crippen molar-refractivity contribution in [3.63, 3.8) is 0 Å². The molecular formula is C22H21BrN4O2S. The van der Waals surface area contributed by atoms with Crippen molar-refractivity contribution in [1.82, 2.24) is 14.8 Å². The van der Waals surface area contributed by atoms with Crippen LogP contribution in [0.15, 0.2) is 58.2 Å². The maximum absolute atomic E-state index is 12.7. The molecule has 0 bridgehead atoms. The Bertz CT molecular complexity index is 1060. The summed E-state index contributed by atoms with van der Waals surface area (Å²) in [5, 5.41) is 9.20. The lowest BCUT2D eigenvalue weighted by Crippen LogP contribution is -2.16. The second kappa shape index (κ2) is 9.14. The van der Waals surface area contributed by atoms with Crippen molar-refractivity contribution >= 4 is 39.4 Å². The molecule has 3 aromatic rings. The number of Topliss-reactive ketones (excluding diaryl/α,β-unsaturated/α-hetero) is 1. The normalized spacial score (nSPS) is 13.4. The lowest BCUT2D eigenvalue weighted by molar-refractivity contribution is -0.118. The minimum absolute atomic E-state index is 0.0276. The van der Waals surface area contributed by atoms with Crippen LogP contribution in [0, 0.1) is 0 Å². The first-order valence-electron chi connectivity index (χ1n) is 9.74. The van der Waals surface area contributed by atoms with Gasteiger partial charge >= 0.3 is 0 Å². The van der Waals surface area contributed by atoms with E-state index in [-0.39, 0.29) is 23.9 Å². The van der Waals surface area contributed by atoms with Crippen LogP contribution in [0.25, 0.3) is 11.1 Å². The van der Waals surface area contributed by atoms with Crippen LogP contribution in [0.2, 0.25) is 0 Å². The van der Waals surface area contributed by atoms with Gasteiger partial charge in [0.15, 0.2) is 10.9 Å². The van der Waals surface area contributed by atoms with Crippen LogP contribution in [0.4, 0.5) is 0 Å². The van der Waals surface area contributed by atoms with Crippen molar-refractivity contribution in [2.75, 3.05) is 5.75 Å². The molecule has 1 aromatic heterocycles. The Morgan fingerprint density at radius 1 is 1.03 bits per heavy atom.